The second kappa shape index (κ2) is 8.97. The second-order valence-electron chi connectivity index (χ2n) is 10.9. The molecular formula is C28H26N4O7. The molecule has 1 amide bonds. The number of nitrogens with one attached hydrogen (secondary N) is 1. The highest BCUT2D eigenvalue weighted by atomic mass is 16.7. The number of hydrogen-bond acceptors (Lipinski definition) is 8. The molecule has 200 valence electrons. The first kappa shape index (κ1) is 26.0. The number of fused-ring (bicyclic) bond motifs is 3. The number of nitrogens with zero attached hydrogens (tertiary/aromatic N) is 3. The molecule has 0 aliphatic heterocycles. The minimum Gasteiger partial charge on any atom is -0.325 e. The monoisotopic (exact) mass is 530 g/mol. The Morgan fingerprint density at radius 1 is 0.923 bits per heavy atom. The highest BCUT2D eigenvalue weighted by Crippen LogP contribution is 2.71. The quantitative estimate of drug-likeness (QED) is 0.232. The van der Waals surface area contributed by atoms with Crippen molar-refractivity contribution in [2.24, 2.45) is 21.4 Å². The van der Waals surface area contributed by atoms with E-state index in [1.165, 1.54) is 0 Å². The number of carbonyl (C=O) groups excluding carboxylic acids is 2. The summed E-state index contributed by atoms with van der Waals surface area (Å²) in [5.41, 5.74) is -2.25. The van der Waals surface area contributed by atoms with Gasteiger partial charge in [-0.15, -0.1) is 0 Å². The number of anilines is 1. The fourth-order valence-corrected chi connectivity index (χ4v) is 6.17. The smallest absolute Gasteiger partial charge is 0.325 e. The summed E-state index contributed by atoms with van der Waals surface area (Å²) in [6, 6.07) is 16.1. The Morgan fingerprint density at radius 2 is 1.56 bits per heavy atom. The Kier molecular flexibility index (Phi) is 5.97. The van der Waals surface area contributed by atoms with Gasteiger partial charge in [0.2, 0.25) is 5.91 Å². The minimum absolute atomic E-state index is 0.140. The molecule has 2 saturated carbocycles. The molecule has 2 atom stereocenters. The van der Waals surface area contributed by atoms with Gasteiger partial charge in [0.15, 0.2) is 0 Å². The zero-order chi connectivity index (χ0) is 28.2. The van der Waals surface area contributed by atoms with E-state index < -0.39 is 43.4 Å². The van der Waals surface area contributed by atoms with E-state index in [1.807, 2.05) is 63.2 Å². The molecule has 2 bridgehead atoms. The first-order valence-electron chi connectivity index (χ1n) is 12.4. The number of carbonyl (C=O) groups is 2. The highest BCUT2D eigenvalue weighted by Gasteiger charge is 2.71. The van der Waals surface area contributed by atoms with E-state index in [0.717, 1.165) is 29.0 Å². The van der Waals surface area contributed by atoms with Crippen LogP contribution < -0.4 is 5.32 Å². The van der Waals surface area contributed by atoms with Crippen LogP contribution in [0.5, 0.6) is 0 Å². The first-order valence-corrected chi connectivity index (χ1v) is 12.4. The van der Waals surface area contributed by atoms with E-state index in [0.29, 0.717) is 24.2 Å². The number of hydrogen-bond donors (Lipinski definition) is 1. The van der Waals surface area contributed by atoms with Gasteiger partial charge >= 0.3 is 5.97 Å². The average molecular weight is 531 g/mol. The number of oxime groups is 1. The van der Waals surface area contributed by atoms with E-state index in [-0.39, 0.29) is 17.9 Å². The third kappa shape index (κ3) is 3.92. The second-order valence-corrected chi connectivity index (χ2v) is 10.9. The summed E-state index contributed by atoms with van der Waals surface area (Å²) in [4.78, 5) is 52.5. The van der Waals surface area contributed by atoms with Crippen LogP contribution in [0.2, 0.25) is 0 Å². The minimum atomic E-state index is -1.06. The van der Waals surface area contributed by atoms with Gasteiger partial charge in [-0.3, -0.25) is 25.0 Å². The lowest BCUT2D eigenvalue weighted by Gasteiger charge is -2.39. The Morgan fingerprint density at radius 3 is 2.23 bits per heavy atom. The van der Waals surface area contributed by atoms with Gasteiger partial charge in [0.05, 0.1) is 32.6 Å². The lowest BCUT2D eigenvalue weighted by atomic mass is 9.64. The van der Waals surface area contributed by atoms with Crippen LogP contribution in [0, 0.1) is 36.5 Å². The zero-order valence-corrected chi connectivity index (χ0v) is 21.6. The van der Waals surface area contributed by atoms with Gasteiger partial charge < -0.3 is 10.2 Å². The van der Waals surface area contributed by atoms with E-state index in [4.69, 9.17) is 4.84 Å². The van der Waals surface area contributed by atoms with Crippen LogP contribution >= 0.6 is 0 Å². The molecule has 1 N–H and O–H groups in total. The highest BCUT2D eigenvalue weighted by molar-refractivity contribution is 6.09. The lowest BCUT2D eigenvalue weighted by molar-refractivity contribution is -0.394. The largest absolute Gasteiger partial charge is 0.366 e. The maximum Gasteiger partial charge on any atom is 0.366 e. The van der Waals surface area contributed by atoms with Crippen molar-refractivity contribution in [3.63, 3.8) is 0 Å². The van der Waals surface area contributed by atoms with Crippen molar-refractivity contribution in [2.75, 3.05) is 5.32 Å². The molecule has 2 fully saturated rings. The SMILES string of the molecule is CC12CCC(C(=O)Nc3cccc4ccccc34)(CC1=NOC(=O)c1cc([N+](=O)[O-])cc([N+](=O)[O-])c1)C2(C)C. The lowest BCUT2D eigenvalue weighted by Crippen LogP contribution is -2.43. The van der Waals surface area contributed by atoms with Crippen LogP contribution in [0.1, 0.15) is 50.4 Å². The van der Waals surface area contributed by atoms with Crippen molar-refractivity contribution < 1.29 is 24.3 Å². The molecular weight excluding hydrogens is 504 g/mol. The molecule has 2 aliphatic carbocycles. The van der Waals surface area contributed by atoms with Gasteiger partial charge in [-0.05, 0) is 29.7 Å². The van der Waals surface area contributed by atoms with Crippen molar-refractivity contribution in [3.05, 3.63) is 86.5 Å². The van der Waals surface area contributed by atoms with Gasteiger partial charge in [0.1, 0.15) is 0 Å². The van der Waals surface area contributed by atoms with Crippen molar-refractivity contribution in [2.45, 2.75) is 40.0 Å². The molecule has 3 aromatic rings. The zero-order valence-electron chi connectivity index (χ0n) is 21.6. The average Bonchev–Trinajstić information content (AvgIpc) is 3.22. The molecule has 0 heterocycles. The summed E-state index contributed by atoms with van der Waals surface area (Å²) in [7, 11) is 0. The molecule has 11 heteroatoms. The van der Waals surface area contributed by atoms with Crippen molar-refractivity contribution in [1.29, 1.82) is 0 Å². The Hall–Kier alpha value is -4.67. The van der Waals surface area contributed by atoms with Crippen molar-refractivity contribution >= 4 is 45.4 Å². The van der Waals surface area contributed by atoms with Crippen LogP contribution in [0.15, 0.2) is 65.8 Å². The molecule has 0 spiro atoms. The number of non-ortho nitro benzene ring substituents is 2. The molecule has 39 heavy (non-hydrogen) atoms. The number of nitro groups is 2. The molecule has 11 nitrogen and oxygen atoms in total. The summed E-state index contributed by atoms with van der Waals surface area (Å²) >= 11 is 0. The molecule has 3 aromatic carbocycles. The first-order chi connectivity index (χ1) is 18.4. The van der Waals surface area contributed by atoms with Gasteiger partial charge in [-0.1, -0.05) is 62.3 Å². The van der Waals surface area contributed by atoms with Gasteiger partial charge in [0, 0.05) is 35.0 Å². The fraction of sp³-hybridized carbons (Fsp3) is 0.321. The third-order valence-corrected chi connectivity index (χ3v) is 9.00. The molecule has 0 aromatic heterocycles. The number of nitro benzene ring substituents is 2. The number of rotatable bonds is 6. The van der Waals surface area contributed by atoms with Gasteiger partial charge in [-0.2, -0.15) is 0 Å². The standard InChI is InChI=1S/C28H26N4O7/c1-26(2)27(3)11-12-28(26,25(34)29-22-10-6-8-17-7-4-5-9-21(17)22)16-23(27)30-39-24(33)18-13-19(31(35)36)15-20(14-18)32(37)38/h4-10,13-15H,11-12,16H2,1-3H3,(H,29,34). The molecule has 5 rings (SSSR count). The normalized spacial score (nSPS) is 24.0. The maximum atomic E-state index is 13.9. The van der Waals surface area contributed by atoms with Crippen molar-refractivity contribution in [3.8, 4) is 0 Å². The Labute approximate surface area is 223 Å². The predicted octanol–water partition coefficient (Wildman–Crippen LogP) is 6.02. The van der Waals surface area contributed by atoms with E-state index in [9.17, 15) is 29.8 Å². The third-order valence-electron chi connectivity index (χ3n) is 9.00. The van der Waals surface area contributed by atoms with E-state index in [2.05, 4.69) is 10.5 Å². The predicted molar refractivity (Wildman–Crippen MR) is 143 cm³/mol. The topological polar surface area (TPSA) is 154 Å². The summed E-state index contributed by atoms with van der Waals surface area (Å²) in [5, 5.41) is 31.6. The summed E-state index contributed by atoms with van der Waals surface area (Å²) < 4.78 is 0. The fourth-order valence-electron chi connectivity index (χ4n) is 6.17. The molecule has 0 saturated heterocycles. The van der Waals surface area contributed by atoms with Crippen LogP contribution in [0.25, 0.3) is 10.8 Å². The summed E-state index contributed by atoms with van der Waals surface area (Å²) in [6.45, 7) is 6.01. The molecule has 2 unspecified atom stereocenters. The van der Waals surface area contributed by atoms with Crippen LogP contribution in [0.3, 0.4) is 0 Å². The summed E-state index contributed by atoms with van der Waals surface area (Å²) in [6.07, 6.45) is 1.52. The Balaban J connectivity index is 1.43. The van der Waals surface area contributed by atoms with E-state index in [1.54, 1.807) is 0 Å². The van der Waals surface area contributed by atoms with Crippen LogP contribution in [0.4, 0.5) is 17.1 Å². The number of amides is 1. The summed E-state index contributed by atoms with van der Waals surface area (Å²) in [5.74, 6) is -1.20. The molecule has 0 radical (unpaired) electrons. The van der Waals surface area contributed by atoms with Gasteiger partial charge in [0.25, 0.3) is 11.4 Å². The van der Waals surface area contributed by atoms with Crippen molar-refractivity contribution in [1.82, 2.24) is 0 Å². The van der Waals surface area contributed by atoms with Gasteiger partial charge in [-0.25, -0.2) is 4.79 Å². The van der Waals surface area contributed by atoms with Crippen LogP contribution in [-0.2, 0) is 9.63 Å². The number of benzene rings is 3. The van der Waals surface area contributed by atoms with E-state index >= 15 is 0 Å². The Bertz CT molecular complexity index is 1560. The molecule has 2 aliphatic rings. The van der Waals surface area contributed by atoms with Crippen LogP contribution in [-0.4, -0.2) is 27.4 Å². The maximum absolute atomic E-state index is 13.9.